The Labute approximate surface area is 192 Å². The molecule has 0 aliphatic rings. The second kappa shape index (κ2) is 9.65. The van der Waals surface area contributed by atoms with E-state index >= 15 is 0 Å². The normalized spacial score (nSPS) is 11.3. The smallest absolute Gasteiger partial charge is 0.416 e. The number of alkyl halides is 3. The highest BCUT2D eigenvalue weighted by atomic mass is 19.4. The van der Waals surface area contributed by atoms with E-state index in [2.05, 4.69) is 15.6 Å². The van der Waals surface area contributed by atoms with Gasteiger partial charge in [0.2, 0.25) is 0 Å². The fourth-order valence-corrected chi connectivity index (χ4v) is 3.17. The minimum atomic E-state index is -4.50. The number of nitrogens with zero attached hydrogens (tertiary/aromatic N) is 2. The molecule has 0 aliphatic carbocycles. The third-order valence-corrected chi connectivity index (χ3v) is 4.80. The van der Waals surface area contributed by atoms with E-state index in [0.29, 0.717) is 17.0 Å². The predicted molar refractivity (Wildman–Crippen MR) is 118 cm³/mol. The molecular formula is C24H19F3N4O3. The van der Waals surface area contributed by atoms with E-state index in [9.17, 15) is 22.8 Å². The molecule has 2 amide bonds. The number of carbonyl (C=O) groups excluding carboxylic acids is 2. The molecule has 4 aromatic rings. The van der Waals surface area contributed by atoms with Crippen LogP contribution in [0.3, 0.4) is 0 Å². The topological polar surface area (TPSA) is 84.7 Å². The van der Waals surface area contributed by atoms with Gasteiger partial charge in [-0.2, -0.15) is 13.2 Å². The Balaban J connectivity index is 1.27. The maximum absolute atomic E-state index is 12.8. The molecule has 0 saturated heterocycles. The van der Waals surface area contributed by atoms with Crippen molar-refractivity contribution in [2.45, 2.75) is 12.7 Å². The van der Waals surface area contributed by atoms with Gasteiger partial charge in [-0.05, 0) is 54.6 Å². The largest absolute Gasteiger partial charge is 0.484 e. The number of halogens is 3. The van der Waals surface area contributed by atoms with Crippen LogP contribution in [0.2, 0.25) is 0 Å². The van der Waals surface area contributed by atoms with E-state index in [4.69, 9.17) is 4.74 Å². The summed E-state index contributed by atoms with van der Waals surface area (Å²) in [5.41, 5.74) is 1.04. The summed E-state index contributed by atoms with van der Waals surface area (Å²) in [5, 5.41) is 5.15. The molecular weight excluding hydrogens is 449 g/mol. The lowest BCUT2D eigenvalue weighted by Crippen LogP contribution is -2.23. The average Bonchev–Trinajstić information content (AvgIpc) is 3.24. The quantitative estimate of drug-likeness (QED) is 0.424. The van der Waals surface area contributed by atoms with Crippen LogP contribution in [0.1, 0.15) is 21.6 Å². The summed E-state index contributed by atoms with van der Waals surface area (Å²) >= 11 is 0. The summed E-state index contributed by atoms with van der Waals surface area (Å²) in [6.07, 6.45) is -0.804. The van der Waals surface area contributed by atoms with Gasteiger partial charge in [0, 0.05) is 23.6 Å². The number of amides is 2. The summed E-state index contributed by atoms with van der Waals surface area (Å²) in [6, 6.07) is 16.1. The Bertz CT molecular complexity index is 1280. The van der Waals surface area contributed by atoms with Crippen LogP contribution in [0.25, 0.3) is 5.65 Å². The first kappa shape index (κ1) is 22.8. The van der Waals surface area contributed by atoms with Crippen LogP contribution in [0.15, 0.2) is 79.1 Å². The van der Waals surface area contributed by atoms with Gasteiger partial charge in [-0.15, -0.1) is 0 Å². The molecule has 2 aromatic heterocycles. The fourth-order valence-electron chi connectivity index (χ4n) is 3.17. The predicted octanol–water partition coefficient (Wildman–Crippen LogP) is 4.30. The third-order valence-electron chi connectivity index (χ3n) is 4.80. The van der Waals surface area contributed by atoms with Crippen molar-refractivity contribution < 1.29 is 27.5 Å². The summed E-state index contributed by atoms with van der Waals surface area (Å²) in [4.78, 5) is 28.8. The minimum absolute atomic E-state index is 0.0149. The standard InChI is InChI=1S/C24H19F3N4O3/c25-24(26,27)17-4-3-5-18(12-17)30-22(32)15-34-20-9-7-16(8-10-20)23(33)28-13-19-14-31-11-2-1-6-21(31)29-19/h1-12,14H,13,15H2,(H,28,33)(H,30,32). The molecule has 2 aromatic carbocycles. The van der Waals surface area contributed by atoms with Crippen molar-refractivity contribution in [2.75, 3.05) is 11.9 Å². The number of ether oxygens (including phenoxy) is 1. The second-order valence-corrected chi connectivity index (χ2v) is 7.32. The van der Waals surface area contributed by atoms with Crippen molar-refractivity contribution in [1.29, 1.82) is 0 Å². The zero-order chi connectivity index (χ0) is 24.1. The van der Waals surface area contributed by atoms with Crippen LogP contribution in [-0.4, -0.2) is 27.8 Å². The van der Waals surface area contributed by atoms with Gasteiger partial charge in [0.05, 0.1) is 17.8 Å². The Morgan fingerprint density at radius 1 is 1.00 bits per heavy atom. The molecule has 2 N–H and O–H groups in total. The lowest BCUT2D eigenvalue weighted by atomic mass is 10.2. The molecule has 0 radical (unpaired) electrons. The van der Waals surface area contributed by atoms with Crippen molar-refractivity contribution in [2.24, 2.45) is 0 Å². The highest BCUT2D eigenvalue weighted by Crippen LogP contribution is 2.30. The van der Waals surface area contributed by atoms with E-state index in [0.717, 1.165) is 17.8 Å². The first-order chi connectivity index (χ1) is 16.3. The van der Waals surface area contributed by atoms with Crippen LogP contribution >= 0.6 is 0 Å². The highest BCUT2D eigenvalue weighted by Gasteiger charge is 2.30. The minimum Gasteiger partial charge on any atom is -0.484 e. The number of hydrogen-bond acceptors (Lipinski definition) is 4. The molecule has 10 heteroatoms. The van der Waals surface area contributed by atoms with Crippen molar-refractivity contribution in [3.05, 3.63) is 95.9 Å². The van der Waals surface area contributed by atoms with Crippen LogP contribution < -0.4 is 15.4 Å². The van der Waals surface area contributed by atoms with E-state index in [1.54, 1.807) is 12.1 Å². The van der Waals surface area contributed by atoms with Gasteiger partial charge in [0.15, 0.2) is 6.61 Å². The maximum atomic E-state index is 12.8. The maximum Gasteiger partial charge on any atom is 0.416 e. The van der Waals surface area contributed by atoms with E-state index in [1.165, 1.54) is 24.3 Å². The molecule has 174 valence electrons. The number of aromatic nitrogens is 2. The summed E-state index contributed by atoms with van der Waals surface area (Å²) < 4.78 is 45.5. The van der Waals surface area contributed by atoms with Crippen molar-refractivity contribution in [1.82, 2.24) is 14.7 Å². The lowest BCUT2D eigenvalue weighted by Gasteiger charge is -2.11. The van der Waals surface area contributed by atoms with E-state index in [-0.39, 0.29) is 18.1 Å². The van der Waals surface area contributed by atoms with Gasteiger partial charge >= 0.3 is 6.18 Å². The molecule has 0 fully saturated rings. The van der Waals surface area contributed by atoms with Crippen LogP contribution in [0.4, 0.5) is 18.9 Å². The molecule has 4 rings (SSSR count). The van der Waals surface area contributed by atoms with Gasteiger partial charge in [0.25, 0.3) is 11.8 Å². The van der Waals surface area contributed by atoms with Crippen LogP contribution in [0.5, 0.6) is 5.75 Å². The number of rotatable bonds is 7. The van der Waals surface area contributed by atoms with Gasteiger partial charge in [0.1, 0.15) is 11.4 Å². The van der Waals surface area contributed by atoms with E-state index < -0.39 is 24.3 Å². The van der Waals surface area contributed by atoms with Crippen molar-refractivity contribution in [3.8, 4) is 5.75 Å². The van der Waals surface area contributed by atoms with Crippen molar-refractivity contribution >= 4 is 23.1 Å². The third kappa shape index (κ3) is 5.71. The number of imidazole rings is 1. The highest BCUT2D eigenvalue weighted by molar-refractivity contribution is 5.94. The fraction of sp³-hybridized carbons (Fsp3) is 0.125. The van der Waals surface area contributed by atoms with Gasteiger partial charge < -0.3 is 19.8 Å². The Hall–Kier alpha value is -4.34. The number of fused-ring (bicyclic) bond motifs is 1. The summed E-state index contributed by atoms with van der Waals surface area (Å²) in [6.45, 7) is -0.149. The molecule has 0 bridgehead atoms. The number of carbonyl (C=O) groups is 2. The summed E-state index contributed by atoms with van der Waals surface area (Å²) in [7, 11) is 0. The van der Waals surface area contributed by atoms with Crippen LogP contribution in [0, 0.1) is 0 Å². The number of benzene rings is 2. The number of pyridine rings is 1. The Kier molecular flexibility index (Phi) is 6.48. The average molecular weight is 468 g/mol. The molecule has 0 unspecified atom stereocenters. The van der Waals surface area contributed by atoms with Gasteiger partial charge in [-0.1, -0.05) is 12.1 Å². The molecule has 34 heavy (non-hydrogen) atoms. The van der Waals surface area contributed by atoms with Crippen molar-refractivity contribution in [3.63, 3.8) is 0 Å². The molecule has 7 nitrogen and oxygen atoms in total. The lowest BCUT2D eigenvalue weighted by molar-refractivity contribution is -0.137. The molecule has 0 aliphatic heterocycles. The Morgan fingerprint density at radius 2 is 1.79 bits per heavy atom. The molecule has 0 atom stereocenters. The zero-order valence-electron chi connectivity index (χ0n) is 17.7. The number of anilines is 1. The van der Waals surface area contributed by atoms with Gasteiger partial charge in [-0.25, -0.2) is 4.98 Å². The summed E-state index contributed by atoms with van der Waals surface area (Å²) in [5.74, 6) is -0.587. The SMILES string of the molecule is O=C(COc1ccc(C(=O)NCc2cn3ccccc3n2)cc1)Nc1cccc(C(F)(F)F)c1. The number of nitrogens with one attached hydrogen (secondary N) is 2. The number of hydrogen-bond donors (Lipinski definition) is 2. The van der Waals surface area contributed by atoms with E-state index in [1.807, 2.05) is 35.0 Å². The van der Waals surface area contributed by atoms with Gasteiger partial charge in [-0.3, -0.25) is 9.59 Å². The first-order valence-corrected chi connectivity index (χ1v) is 10.2. The van der Waals surface area contributed by atoms with Crippen LogP contribution in [-0.2, 0) is 17.5 Å². The zero-order valence-corrected chi connectivity index (χ0v) is 17.7. The molecule has 0 spiro atoms. The monoisotopic (exact) mass is 468 g/mol. The molecule has 2 heterocycles. The molecule has 0 saturated carbocycles. The second-order valence-electron chi connectivity index (χ2n) is 7.32. The first-order valence-electron chi connectivity index (χ1n) is 10.2. The Morgan fingerprint density at radius 3 is 2.53 bits per heavy atom.